The van der Waals surface area contributed by atoms with E-state index in [1.54, 1.807) is 0 Å². The van der Waals surface area contributed by atoms with Gasteiger partial charge in [-0.1, -0.05) is 6.92 Å². The zero-order chi connectivity index (χ0) is 9.10. The molecule has 3 heteroatoms. The van der Waals surface area contributed by atoms with Gasteiger partial charge in [-0.25, -0.2) is 0 Å². The zero-order valence-electron chi connectivity index (χ0n) is 8.29. The van der Waals surface area contributed by atoms with Crippen molar-refractivity contribution in [3.8, 4) is 0 Å². The van der Waals surface area contributed by atoms with Gasteiger partial charge in [-0.15, -0.1) is 0 Å². The number of thioether (sulfide) groups is 1. The first-order chi connectivity index (χ1) is 6.36. The fourth-order valence-electron chi connectivity index (χ4n) is 2.01. The second kappa shape index (κ2) is 4.67. The third kappa shape index (κ3) is 2.61. The summed E-state index contributed by atoms with van der Waals surface area (Å²) in [7, 11) is 0. The van der Waals surface area contributed by atoms with Crippen LogP contribution in [-0.4, -0.2) is 30.9 Å². The quantitative estimate of drug-likeness (QED) is 0.698. The van der Waals surface area contributed by atoms with Gasteiger partial charge in [0.1, 0.15) is 6.23 Å². The van der Waals surface area contributed by atoms with Crippen molar-refractivity contribution in [2.45, 2.75) is 26.0 Å². The van der Waals surface area contributed by atoms with Gasteiger partial charge in [0.05, 0.1) is 6.61 Å². The van der Waals surface area contributed by atoms with Crippen LogP contribution in [0.3, 0.4) is 0 Å². The molecule has 0 aromatic carbocycles. The van der Waals surface area contributed by atoms with E-state index in [1.165, 1.54) is 24.3 Å². The SMILES string of the molecule is CC1CNC(C2CCCSC2)OC1. The van der Waals surface area contributed by atoms with E-state index in [1.807, 2.05) is 0 Å². The molecule has 3 unspecified atom stereocenters. The van der Waals surface area contributed by atoms with Gasteiger partial charge in [0.2, 0.25) is 0 Å². The average Bonchev–Trinajstić information content (AvgIpc) is 2.20. The van der Waals surface area contributed by atoms with Crippen LogP contribution in [0.15, 0.2) is 0 Å². The van der Waals surface area contributed by atoms with Crippen molar-refractivity contribution < 1.29 is 4.74 Å². The molecule has 2 nitrogen and oxygen atoms in total. The van der Waals surface area contributed by atoms with E-state index in [9.17, 15) is 0 Å². The number of ether oxygens (including phenoxy) is 1. The molecule has 0 aliphatic carbocycles. The highest BCUT2D eigenvalue weighted by Gasteiger charge is 2.27. The summed E-state index contributed by atoms with van der Waals surface area (Å²) in [5.41, 5.74) is 0. The van der Waals surface area contributed by atoms with Crippen LogP contribution in [0.5, 0.6) is 0 Å². The molecule has 2 saturated heterocycles. The van der Waals surface area contributed by atoms with Gasteiger partial charge in [0.15, 0.2) is 0 Å². The van der Waals surface area contributed by atoms with Crippen LogP contribution >= 0.6 is 11.8 Å². The maximum absolute atomic E-state index is 5.81. The van der Waals surface area contributed by atoms with E-state index in [0.29, 0.717) is 12.1 Å². The van der Waals surface area contributed by atoms with E-state index in [4.69, 9.17) is 4.74 Å². The van der Waals surface area contributed by atoms with Crippen molar-refractivity contribution in [2.75, 3.05) is 24.7 Å². The number of nitrogens with one attached hydrogen (secondary N) is 1. The lowest BCUT2D eigenvalue weighted by molar-refractivity contribution is -0.0535. The Labute approximate surface area is 84.8 Å². The van der Waals surface area contributed by atoms with Gasteiger partial charge in [0.25, 0.3) is 0 Å². The van der Waals surface area contributed by atoms with E-state index in [2.05, 4.69) is 24.0 Å². The van der Waals surface area contributed by atoms with E-state index in [0.717, 1.165) is 19.1 Å². The lowest BCUT2D eigenvalue weighted by Crippen LogP contribution is -2.48. The monoisotopic (exact) mass is 201 g/mol. The molecule has 13 heavy (non-hydrogen) atoms. The molecule has 0 aromatic heterocycles. The Hall–Kier alpha value is 0.270. The fourth-order valence-corrected chi connectivity index (χ4v) is 3.19. The summed E-state index contributed by atoms with van der Waals surface area (Å²) in [6.45, 7) is 4.31. The Balaban J connectivity index is 1.79. The summed E-state index contributed by atoms with van der Waals surface area (Å²) < 4.78 is 5.81. The van der Waals surface area contributed by atoms with Crippen molar-refractivity contribution >= 4 is 11.8 Å². The van der Waals surface area contributed by atoms with Gasteiger partial charge in [0, 0.05) is 12.5 Å². The summed E-state index contributed by atoms with van der Waals surface area (Å²) in [6, 6.07) is 0. The normalized spacial score (nSPS) is 41.8. The molecule has 2 fully saturated rings. The fraction of sp³-hybridized carbons (Fsp3) is 1.00. The minimum Gasteiger partial charge on any atom is -0.363 e. The smallest absolute Gasteiger partial charge is 0.111 e. The number of hydrogen-bond acceptors (Lipinski definition) is 3. The van der Waals surface area contributed by atoms with Crippen molar-refractivity contribution in [2.24, 2.45) is 11.8 Å². The highest BCUT2D eigenvalue weighted by atomic mass is 32.2. The molecule has 3 atom stereocenters. The highest BCUT2D eigenvalue weighted by molar-refractivity contribution is 7.99. The first-order valence-electron chi connectivity index (χ1n) is 5.29. The Morgan fingerprint density at radius 1 is 1.46 bits per heavy atom. The van der Waals surface area contributed by atoms with Crippen LogP contribution in [0.2, 0.25) is 0 Å². The number of rotatable bonds is 1. The molecule has 0 bridgehead atoms. The molecular weight excluding hydrogens is 182 g/mol. The summed E-state index contributed by atoms with van der Waals surface area (Å²) in [5, 5.41) is 3.50. The van der Waals surface area contributed by atoms with Gasteiger partial charge in [-0.3, -0.25) is 5.32 Å². The third-order valence-corrected chi connectivity index (χ3v) is 4.09. The average molecular weight is 201 g/mol. The predicted molar refractivity (Wildman–Crippen MR) is 57.0 cm³/mol. The Morgan fingerprint density at radius 2 is 2.38 bits per heavy atom. The molecule has 1 N–H and O–H groups in total. The van der Waals surface area contributed by atoms with Crippen LogP contribution in [0, 0.1) is 11.8 Å². The van der Waals surface area contributed by atoms with Gasteiger partial charge in [-0.2, -0.15) is 11.8 Å². The maximum Gasteiger partial charge on any atom is 0.111 e. The lowest BCUT2D eigenvalue weighted by Gasteiger charge is -2.35. The standard InChI is InChI=1S/C10H19NOS/c1-8-5-11-10(12-6-8)9-3-2-4-13-7-9/h8-11H,2-7H2,1H3. The largest absolute Gasteiger partial charge is 0.363 e. The molecule has 2 heterocycles. The van der Waals surface area contributed by atoms with E-state index in [-0.39, 0.29) is 0 Å². The number of hydrogen-bond donors (Lipinski definition) is 1. The molecular formula is C10H19NOS. The molecule has 0 spiro atoms. The maximum atomic E-state index is 5.81. The Kier molecular flexibility index (Phi) is 3.52. The second-order valence-electron chi connectivity index (χ2n) is 4.24. The Bertz CT molecular complexity index is 151. The first-order valence-corrected chi connectivity index (χ1v) is 6.44. The highest BCUT2D eigenvalue weighted by Crippen LogP contribution is 2.27. The van der Waals surface area contributed by atoms with Crippen LogP contribution < -0.4 is 5.32 Å². The van der Waals surface area contributed by atoms with Crippen LogP contribution in [0.1, 0.15) is 19.8 Å². The molecule has 0 aromatic rings. The summed E-state index contributed by atoms with van der Waals surface area (Å²) >= 11 is 2.08. The van der Waals surface area contributed by atoms with Crippen molar-refractivity contribution in [3.63, 3.8) is 0 Å². The second-order valence-corrected chi connectivity index (χ2v) is 5.39. The minimum atomic E-state index is 0.351. The van der Waals surface area contributed by atoms with Gasteiger partial charge >= 0.3 is 0 Å². The first kappa shape index (κ1) is 9.81. The summed E-state index contributed by atoms with van der Waals surface area (Å²) in [4.78, 5) is 0. The van der Waals surface area contributed by atoms with Crippen molar-refractivity contribution in [1.82, 2.24) is 5.32 Å². The van der Waals surface area contributed by atoms with Crippen LogP contribution in [0.25, 0.3) is 0 Å². The van der Waals surface area contributed by atoms with Crippen molar-refractivity contribution in [1.29, 1.82) is 0 Å². The van der Waals surface area contributed by atoms with E-state index >= 15 is 0 Å². The van der Waals surface area contributed by atoms with Gasteiger partial charge in [-0.05, 0) is 30.3 Å². The molecule has 0 saturated carbocycles. The van der Waals surface area contributed by atoms with Crippen LogP contribution in [0.4, 0.5) is 0 Å². The molecule has 76 valence electrons. The Morgan fingerprint density at radius 3 is 3.00 bits per heavy atom. The minimum absolute atomic E-state index is 0.351. The zero-order valence-corrected chi connectivity index (χ0v) is 9.11. The summed E-state index contributed by atoms with van der Waals surface area (Å²) in [5.74, 6) is 4.07. The molecule has 2 aliphatic rings. The summed E-state index contributed by atoms with van der Waals surface area (Å²) in [6.07, 6.45) is 3.06. The lowest BCUT2D eigenvalue weighted by atomic mass is 10.0. The van der Waals surface area contributed by atoms with Crippen LogP contribution in [-0.2, 0) is 4.74 Å². The molecule has 2 aliphatic heterocycles. The third-order valence-electron chi connectivity index (χ3n) is 2.85. The molecule has 0 radical (unpaired) electrons. The van der Waals surface area contributed by atoms with E-state index < -0.39 is 0 Å². The predicted octanol–water partition coefficient (Wildman–Crippen LogP) is 1.71. The molecule has 0 amide bonds. The van der Waals surface area contributed by atoms with Crippen molar-refractivity contribution in [3.05, 3.63) is 0 Å². The molecule has 2 rings (SSSR count). The van der Waals surface area contributed by atoms with Gasteiger partial charge < -0.3 is 4.74 Å². The topological polar surface area (TPSA) is 21.3 Å².